The minimum absolute atomic E-state index is 0.131. The van der Waals surface area contributed by atoms with Crippen molar-refractivity contribution >= 4 is 0 Å². The molecule has 3 aliphatic carbocycles. The molecule has 0 aromatic heterocycles. The summed E-state index contributed by atoms with van der Waals surface area (Å²) in [4.78, 5) is 0. The van der Waals surface area contributed by atoms with Crippen molar-refractivity contribution in [3.8, 4) is 0 Å². The summed E-state index contributed by atoms with van der Waals surface area (Å²) in [7, 11) is 0. The second-order valence-corrected chi connectivity index (χ2v) is 8.88. The van der Waals surface area contributed by atoms with Crippen LogP contribution in [0.5, 0.6) is 0 Å². The van der Waals surface area contributed by atoms with E-state index in [0.29, 0.717) is 17.9 Å². The summed E-state index contributed by atoms with van der Waals surface area (Å²) in [5.74, 6) is -0.279. The molecule has 8 atom stereocenters. The topological polar surface area (TPSA) is 101 Å². The third kappa shape index (κ3) is 2.21. The Morgan fingerprint density at radius 1 is 1.23 bits per heavy atom. The Morgan fingerprint density at radius 3 is 2.38 bits per heavy atom. The van der Waals surface area contributed by atoms with Crippen LogP contribution in [-0.4, -0.2) is 56.1 Å². The van der Waals surface area contributed by atoms with Gasteiger partial charge in [-0.25, -0.2) is 0 Å². The van der Waals surface area contributed by atoms with Crippen molar-refractivity contribution in [2.24, 2.45) is 29.1 Å². The van der Waals surface area contributed by atoms with E-state index in [2.05, 4.69) is 20.4 Å². The van der Waals surface area contributed by atoms with Gasteiger partial charge >= 0.3 is 0 Å². The van der Waals surface area contributed by atoms with Crippen molar-refractivity contribution in [2.45, 2.75) is 58.0 Å². The van der Waals surface area contributed by atoms with Crippen LogP contribution in [0.15, 0.2) is 35.5 Å². The molecule has 146 valence electrons. The number of hydrogen-bond acceptors (Lipinski definition) is 5. The fourth-order valence-electron chi connectivity index (χ4n) is 5.81. The first-order chi connectivity index (χ1) is 12.0. The van der Waals surface area contributed by atoms with E-state index >= 15 is 0 Å². The Labute approximate surface area is 155 Å². The largest absolute Gasteiger partial charge is 0.392 e. The van der Waals surface area contributed by atoms with E-state index in [1.165, 1.54) is 0 Å². The molecule has 0 radical (unpaired) electrons. The van der Waals surface area contributed by atoms with Gasteiger partial charge in [0, 0.05) is 5.92 Å². The molecule has 0 aromatic carbocycles. The molecule has 1 fully saturated rings. The second kappa shape index (κ2) is 6.28. The molecule has 2 bridgehead atoms. The molecule has 5 nitrogen and oxygen atoms in total. The number of hydrogen-bond donors (Lipinski definition) is 5. The normalized spacial score (nSPS) is 48.6. The second-order valence-electron chi connectivity index (χ2n) is 8.88. The van der Waals surface area contributed by atoms with Crippen molar-refractivity contribution in [3.05, 3.63) is 35.5 Å². The van der Waals surface area contributed by atoms with Crippen LogP contribution in [0.1, 0.15) is 34.1 Å². The van der Waals surface area contributed by atoms with Crippen molar-refractivity contribution in [3.63, 3.8) is 0 Å². The summed E-state index contributed by atoms with van der Waals surface area (Å²) in [5, 5.41) is 54.8. The molecule has 0 saturated heterocycles. The fourth-order valence-corrected chi connectivity index (χ4v) is 5.81. The first-order valence-electron chi connectivity index (χ1n) is 9.50. The zero-order valence-corrected chi connectivity index (χ0v) is 16.1. The van der Waals surface area contributed by atoms with Gasteiger partial charge < -0.3 is 25.5 Å². The summed E-state index contributed by atoms with van der Waals surface area (Å²) in [6.07, 6.45) is 0.267. The fraction of sp³-hybridized carbons (Fsp3) is 0.714. The van der Waals surface area contributed by atoms with Crippen LogP contribution in [0, 0.1) is 29.1 Å². The van der Waals surface area contributed by atoms with Crippen molar-refractivity contribution in [1.82, 2.24) is 0 Å². The highest BCUT2D eigenvalue weighted by Crippen LogP contribution is 2.62. The van der Waals surface area contributed by atoms with Gasteiger partial charge in [0.2, 0.25) is 0 Å². The van der Waals surface area contributed by atoms with E-state index in [9.17, 15) is 25.5 Å². The van der Waals surface area contributed by atoms with E-state index in [1.54, 1.807) is 19.1 Å². The van der Waals surface area contributed by atoms with Crippen molar-refractivity contribution in [1.29, 1.82) is 0 Å². The predicted octanol–water partition coefficient (Wildman–Crippen LogP) is 1.16. The maximum absolute atomic E-state index is 11.7. The average molecular weight is 364 g/mol. The van der Waals surface area contributed by atoms with Gasteiger partial charge in [0.25, 0.3) is 0 Å². The highest BCUT2D eigenvalue weighted by molar-refractivity contribution is 5.43. The molecule has 0 aromatic rings. The number of aliphatic hydroxyl groups is 5. The number of aliphatic hydroxyl groups excluding tert-OH is 4. The van der Waals surface area contributed by atoms with Crippen molar-refractivity contribution in [2.75, 3.05) is 6.61 Å². The molecule has 5 N–H and O–H groups in total. The Morgan fingerprint density at radius 2 is 1.85 bits per heavy atom. The highest BCUT2D eigenvalue weighted by Gasteiger charge is 2.70. The Bertz CT molecular complexity index is 665. The van der Waals surface area contributed by atoms with Gasteiger partial charge in [-0.3, -0.25) is 0 Å². The lowest BCUT2D eigenvalue weighted by Crippen LogP contribution is -2.66. The van der Waals surface area contributed by atoms with E-state index in [0.717, 1.165) is 5.57 Å². The SMILES string of the molecule is C=C1C2C=C(CO)C(O)C3(O)C(O)C(C)=CC3(C(C)CC1C(C)C)C2O. The first-order valence-corrected chi connectivity index (χ1v) is 9.50. The summed E-state index contributed by atoms with van der Waals surface area (Å²) in [6, 6.07) is 0. The lowest BCUT2D eigenvalue weighted by molar-refractivity contribution is -0.213. The van der Waals surface area contributed by atoms with Crippen LogP contribution in [-0.2, 0) is 0 Å². The van der Waals surface area contributed by atoms with Crippen LogP contribution in [0.3, 0.4) is 0 Å². The maximum Gasteiger partial charge on any atom is 0.136 e. The minimum Gasteiger partial charge on any atom is -0.392 e. The zero-order chi connectivity index (χ0) is 19.6. The van der Waals surface area contributed by atoms with Crippen LogP contribution in [0.25, 0.3) is 0 Å². The van der Waals surface area contributed by atoms with Gasteiger partial charge in [-0.05, 0) is 42.2 Å². The molecular formula is C21H32O5. The monoisotopic (exact) mass is 364 g/mol. The molecule has 26 heavy (non-hydrogen) atoms. The lowest BCUT2D eigenvalue weighted by atomic mass is 9.59. The third-order valence-electron chi connectivity index (χ3n) is 7.31. The molecule has 1 spiro atoms. The predicted molar refractivity (Wildman–Crippen MR) is 99.1 cm³/mol. The number of fused-ring (bicyclic) bond motifs is 1. The molecule has 5 heteroatoms. The molecule has 8 unspecified atom stereocenters. The number of rotatable bonds is 2. The van der Waals surface area contributed by atoms with Crippen LogP contribution < -0.4 is 0 Å². The molecule has 0 aliphatic heterocycles. The molecule has 0 amide bonds. The quantitative estimate of drug-likeness (QED) is 0.474. The zero-order valence-electron chi connectivity index (χ0n) is 16.1. The highest BCUT2D eigenvalue weighted by atomic mass is 16.4. The van der Waals surface area contributed by atoms with E-state index < -0.39 is 41.9 Å². The van der Waals surface area contributed by atoms with Gasteiger partial charge in [-0.2, -0.15) is 0 Å². The Kier molecular flexibility index (Phi) is 4.78. The van der Waals surface area contributed by atoms with Gasteiger partial charge in [-0.15, -0.1) is 0 Å². The molecule has 0 heterocycles. The van der Waals surface area contributed by atoms with Gasteiger partial charge in [-0.1, -0.05) is 45.1 Å². The first kappa shape index (κ1) is 19.8. The summed E-state index contributed by atoms with van der Waals surface area (Å²) in [6.45, 7) is 11.7. The maximum atomic E-state index is 11.7. The summed E-state index contributed by atoms with van der Waals surface area (Å²) < 4.78 is 0. The van der Waals surface area contributed by atoms with Gasteiger partial charge in [0.1, 0.15) is 17.8 Å². The standard InChI is InChI=1S/C21H32O5/c1-10(2)15-6-12(4)20-8-11(3)17(23)21(20,26)18(24)14(9-22)7-16(13(15)5)19(20)25/h7-8,10,12,15-19,22-26H,5-6,9H2,1-4H3. The van der Waals surface area contributed by atoms with Crippen molar-refractivity contribution < 1.29 is 25.5 Å². The lowest BCUT2D eigenvalue weighted by Gasteiger charge is -2.51. The molecular weight excluding hydrogens is 332 g/mol. The van der Waals surface area contributed by atoms with Gasteiger partial charge in [0.15, 0.2) is 0 Å². The van der Waals surface area contributed by atoms with E-state index in [4.69, 9.17) is 0 Å². The third-order valence-corrected chi connectivity index (χ3v) is 7.31. The Hall–Kier alpha value is -0.980. The molecule has 1 saturated carbocycles. The van der Waals surface area contributed by atoms with Crippen LogP contribution in [0.2, 0.25) is 0 Å². The van der Waals surface area contributed by atoms with Gasteiger partial charge in [0.05, 0.1) is 18.1 Å². The minimum atomic E-state index is -1.99. The Balaban J connectivity index is 2.32. The van der Waals surface area contributed by atoms with Crippen LogP contribution >= 0.6 is 0 Å². The summed E-state index contributed by atoms with van der Waals surface area (Å²) >= 11 is 0. The molecule has 3 aliphatic rings. The molecule has 3 rings (SSSR count). The van der Waals surface area contributed by atoms with E-state index in [-0.39, 0.29) is 17.4 Å². The average Bonchev–Trinajstić information content (AvgIpc) is 2.72. The van der Waals surface area contributed by atoms with E-state index in [1.807, 2.05) is 6.92 Å². The summed E-state index contributed by atoms with van der Waals surface area (Å²) in [5.41, 5.74) is -1.61. The van der Waals surface area contributed by atoms with Crippen LogP contribution in [0.4, 0.5) is 0 Å². The smallest absolute Gasteiger partial charge is 0.136 e.